The summed E-state index contributed by atoms with van der Waals surface area (Å²) in [5.74, 6) is 7.91. The van der Waals surface area contributed by atoms with Crippen LogP contribution in [0, 0.1) is 0 Å². The van der Waals surface area contributed by atoms with Crippen LogP contribution >= 0.6 is 0 Å². The zero-order valence-electron chi connectivity index (χ0n) is 72.2. The molecule has 0 N–H and O–H groups in total. The van der Waals surface area contributed by atoms with Crippen LogP contribution in [0.4, 0.5) is 46.3 Å². The van der Waals surface area contributed by atoms with E-state index in [-0.39, 0.29) is 0 Å². The van der Waals surface area contributed by atoms with Crippen molar-refractivity contribution in [2.24, 2.45) is 42.3 Å². The highest BCUT2D eigenvalue weighted by Crippen LogP contribution is 2.52. The van der Waals surface area contributed by atoms with Crippen LogP contribution < -0.4 is 66.6 Å². The lowest BCUT2D eigenvalue weighted by Gasteiger charge is -2.41. The van der Waals surface area contributed by atoms with E-state index < -0.39 is 0 Å². The van der Waals surface area contributed by atoms with Crippen LogP contribution in [0.2, 0.25) is 0 Å². The summed E-state index contributed by atoms with van der Waals surface area (Å²) in [6.45, 7) is 21.1. The zero-order valence-corrected chi connectivity index (χ0v) is 72.2. The molecule has 13 aliphatic heterocycles. The van der Waals surface area contributed by atoms with E-state index in [2.05, 4.69) is 428 Å². The fourth-order valence-electron chi connectivity index (χ4n) is 22.7. The summed E-state index contributed by atoms with van der Waals surface area (Å²) in [5, 5.41) is 0. The number of nitrogens with zero attached hydrogens (tertiary/aromatic N) is 18. The van der Waals surface area contributed by atoms with Gasteiger partial charge >= 0.3 is 0 Å². The molecule has 0 amide bonds. The Hall–Kier alpha value is -9.98. The van der Waals surface area contributed by atoms with Gasteiger partial charge < -0.3 is 9.80 Å². The van der Waals surface area contributed by atoms with Gasteiger partial charge in [0.05, 0.1) is 98.1 Å². The summed E-state index contributed by atoms with van der Waals surface area (Å²) in [6, 6.07) is 79.5. The molecular weight excluding hydrogens is 1440 g/mol. The highest BCUT2D eigenvalue weighted by atomic mass is 15.5. The number of fused-ring (bicyclic) bond motifs is 19. The first-order valence-electron chi connectivity index (χ1n) is 44.1. The van der Waals surface area contributed by atoms with Gasteiger partial charge in [0.1, 0.15) is 48.8 Å². The molecule has 18 nitrogen and oxygen atoms in total. The summed E-state index contributed by atoms with van der Waals surface area (Å²) in [5.41, 5.74) is 11.8. The van der Waals surface area contributed by atoms with Crippen LogP contribution in [0.1, 0.15) is 151 Å². The predicted octanol–water partition coefficient (Wildman–Crippen LogP) is 13.1. The summed E-state index contributed by atoms with van der Waals surface area (Å²) in [7, 11) is 17.4. The molecule has 6 aromatic heterocycles. The maximum absolute atomic E-state index is 2.62. The number of aromatic nitrogens is 6. The molecule has 18 heteroatoms. The van der Waals surface area contributed by atoms with Crippen LogP contribution in [0.5, 0.6) is 0 Å². The van der Waals surface area contributed by atoms with E-state index in [1.807, 2.05) is 0 Å². The molecule has 16 unspecified atom stereocenters. The van der Waals surface area contributed by atoms with Crippen molar-refractivity contribution in [3.8, 4) is 0 Å². The molecule has 0 spiro atoms. The zero-order chi connectivity index (χ0) is 80.9. The van der Waals surface area contributed by atoms with Gasteiger partial charge in [0.25, 0.3) is 34.9 Å². The number of para-hydroxylation sites is 2. The summed E-state index contributed by atoms with van der Waals surface area (Å²) in [4.78, 5) is 30.9. The lowest BCUT2D eigenvalue weighted by Crippen LogP contribution is -2.59. The number of aryl methyl sites for hydroxylation is 6. The third-order valence-corrected chi connectivity index (χ3v) is 29.0. The first-order chi connectivity index (χ1) is 56.9. The Labute approximate surface area is 698 Å². The van der Waals surface area contributed by atoms with E-state index in [1.165, 1.54) is 157 Å². The molecule has 117 heavy (non-hydrogen) atoms. The minimum Gasteiger partial charge on any atom is -0.333 e. The van der Waals surface area contributed by atoms with Crippen molar-refractivity contribution in [2.75, 3.05) is 86.0 Å². The smallest absolute Gasteiger partial charge is 0.278 e. The summed E-state index contributed by atoms with van der Waals surface area (Å²) >= 11 is 0. The molecule has 19 heterocycles. The SMILES string of the molecule is CC1N(C)C2CC(c3ccccc32)N1c1cccc[n+]1C.CC1N(C)C2CCC(C2)N1c1cccc[n+]1C.CC1N2CC(Cc3ccccc32)N1c1cccc[n+]1C.CC1N2CCC(Cc3ccccc32)N1c1cccc[n+]1C.CC1N2CCC(c3ccccc3C2)N1c1cccc[n+]1C.CC1N2CCCC(CC2)N1c1cccc[n+]1C. The van der Waals surface area contributed by atoms with Gasteiger partial charge in [0.2, 0.25) is 0 Å². The Morgan fingerprint density at radius 1 is 0.274 bits per heavy atom. The fraction of sp³-hybridized carbons (Fsp3) is 0.455. The molecular formula is C99H130N18+6. The van der Waals surface area contributed by atoms with E-state index in [9.17, 15) is 0 Å². The Morgan fingerprint density at radius 2 is 0.667 bits per heavy atom. The molecule has 8 saturated heterocycles. The van der Waals surface area contributed by atoms with Crippen molar-refractivity contribution in [1.82, 2.24) is 19.6 Å². The minimum absolute atomic E-state index is 0.398. The lowest BCUT2D eigenvalue weighted by molar-refractivity contribution is -0.659. The highest BCUT2D eigenvalue weighted by Gasteiger charge is 2.53. The standard InChI is InChI=1S/3C18H22N3.C17H20N3.2C14H22N3/c1-13-20(3)16-12-17(15-9-5-4-8-14(15)16)21(13)18-10-6-7-11-19(18)2;1-14-20-12-10-16(13-15-7-3-4-8-17(15)20)21(14)18-9-5-6-11-19(18)2;1-14-20-12-10-17(16-8-4-3-7-15(16)13-20)21(14)18-9-5-6-11-19(18)2;1-13-19-12-15(11-14-7-3-4-8-16(14)19)20(13)17-9-5-6-10-18(17)2;1-11-16(3)12-7-8-13(10-12)17(11)14-6-4-5-9-15(14)2;1-12-16-10-5-6-13(8-11-16)17(12)14-7-3-4-9-15(14)2/h4-11,13,16-17H,12H2,1-3H3;3-9,11,14,16H,10,12-13H2,1-2H3;3-9,11,14,17H,10,12-13H2,1-2H3;3-10,13,15H,11-12H2,1-2H3;4-6,9,11-13H,7-8,10H2,1-3H3;3-4,7,9,12-13H,5-6,8,10-11H2,1-2H3/q6*+1. The van der Waals surface area contributed by atoms with Gasteiger partial charge in [0.15, 0.2) is 12.3 Å². The Balaban J connectivity index is 0.000000101. The number of hydrogen-bond acceptors (Lipinski definition) is 12. The van der Waals surface area contributed by atoms with Crippen molar-refractivity contribution in [3.63, 3.8) is 0 Å². The number of benzene rings is 4. The van der Waals surface area contributed by atoms with Gasteiger partial charge in [-0.15, -0.1) is 0 Å². The topological polar surface area (TPSA) is 62.2 Å². The second-order valence-electron chi connectivity index (χ2n) is 35.3. The number of hydrogen-bond donors (Lipinski definition) is 0. The quantitative estimate of drug-likeness (QED) is 0.149. The molecule has 15 aliphatic rings. The monoisotopic (exact) mass is 1570 g/mol. The second-order valence-corrected chi connectivity index (χ2v) is 35.3. The third-order valence-electron chi connectivity index (χ3n) is 29.0. The highest BCUT2D eigenvalue weighted by molar-refractivity contribution is 5.64. The molecule has 16 atom stereocenters. The third kappa shape index (κ3) is 15.3. The van der Waals surface area contributed by atoms with Crippen molar-refractivity contribution in [3.05, 3.63) is 277 Å². The van der Waals surface area contributed by atoms with E-state index in [0.29, 0.717) is 67.2 Å². The maximum atomic E-state index is 2.62. The van der Waals surface area contributed by atoms with Crippen LogP contribution in [-0.4, -0.2) is 134 Å². The van der Waals surface area contributed by atoms with Gasteiger partial charge in [-0.2, -0.15) is 0 Å². The van der Waals surface area contributed by atoms with Gasteiger partial charge in [-0.3, -0.25) is 19.6 Å². The molecule has 25 rings (SSSR count). The summed E-state index contributed by atoms with van der Waals surface area (Å²) < 4.78 is 13.4. The number of anilines is 8. The van der Waals surface area contributed by atoms with Crippen LogP contribution in [0.15, 0.2) is 243 Å². The molecule has 10 aromatic rings. The first-order valence-corrected chi connectivity index (χ1v) is 44.1. The van der Waals surface area contributed by atoms with Crippen LogP contribution in [-0.2, 0) is 61.7 Å². The average Bonchev–Trinajstić information content (AvgIpc) is 1.61. The second kappa shape index (κ2) is 34.2. The van der Waals surface area contributed by atoms with Crippen molar-refractivity contribution < 1.29 is 27.4 Å². The van der Waals surface area contributed by atoms with E-state index >= 15 is 0 Å². The van der Waals surface area contributed by atoms with Crippen LogP contribution in [0.3, 0.4) is 0 Å². The van der Waals surface area contributed by atoms with Crippen molar-refractivity contribution in [2.45, 2.75) is 204 Å². The molecule has 0 radical (unpaired) electrons. The van der Waals surface area contributed by atoms with Gasteiger partial charge in [-0.1, -0.05) is 121 Å². The number of pyridine rings is 6. The fourth-order valence-corrected chi connectivity index (χ4v) is 22.7. The van der Waals surface area contributed by atoms with Gasteiger partial charge in [0, 0.05) is 149 Å². The molecule has 9 fully saturated rings. The van der Waals surface area contributed by atoms with E-state index in [4.69, 9.17) is 0 Å². The van der Waals surface area contributed by atoms with E-state index in [0.717, 1.165) is 50.6 Å². The normalized spacial score (nSPS) is 27.8. The number of rotatable bonds is 6. The average molecular weight is 1570 g/mol. The maximum Gasteiger partial charge on any atom is 0.278 e. The lowest BCUT2D eigenvalue weighted by atomic mass is 9.97. The van der Waals surface area contributed by atoms with Gasteiger partial charge in [-0.05, 0) is 152 Å². The molecule has 610 valence electrons. The Bertz CT molecular complexity index is 4980. The Kier molecular flexibility index (Phi) is 23.2. The van der Waals surface area contributed by atoms with E-state index in [1.54, 1.807) is 0 Å². The molecule has 4 aromatic carbocycles. The minimum atomic E-state index is 0.398. The summed E-state index contributed by atoms with van der Waals surface area (Å²) in [6.07, 6.45) is 29.5. The molecule has 1 saturated carbocycles. The first kappa shape index (κ1) is 79.5. The van der Waals surface area contributed by atoms with Gasteiger partial charge in [-0.25, -0.2) is 56.8 Å². The van der Waals surface area contributed by atoms with Crippen molar-refractivity contribution >= 4 is 46.3 Å². The molecule has 2 aliphatic carbocycles. The predicted molar refractivity (Wildman–Crippen MR) is 471 cm³/mol. The molecule has 12 bridgehead atoms. The largest absolute Gasteiger partial charge is 0.333 e. The van der Waals surface area contributed by atoms with Crippen LogP contribution in [0.25, 0.3) is 0 Å². The Morgan fingerprint density at radius 3 is 1.21 bits per heavy atom. The van der Waals surface area contributed by atoms with Crippen molar-refractivity contribution in [1.29, 1.82) is 0 Å².